The number of aryl methyl sites for hydroxylation is 1. The van der Waals surface area contributed by atoms with Gasteiger partial charge < -0.3 is 0 Å². The fourth-order valence-corrected chi connectivity index (χ4v) is 5.22. The summed E-state index contributed by atoms with van der Waals surface area (Å²) in [6, 6.07) is 9.75. The molecule has 1 aromatic carbocycles. The number of ketones is 1. The summed E-state index contributed by atoms with van der Waals surface area (Å²) >= 11 is 0. The van der Waals surface area contributed by atoms with Crippen molar-refractivity contribution in [3.05, 3.63) is 35.4 Å². The van der Waals surface area contributed by atoms with Crippen molar-refractivity contribution in [3.8, 4) is 0 Å². The summed E-state index contributed by atoms with van der Waals surface area (Å²) in [5.74, 6) is 2.65. The first-order chi connectivity index (χ1) is 9.20. The van der Waals surface area contributed by atoms with Crippen molar-refractivity contribution in [2.45, 2.75) is 51.4 Å². The van der Waals surface area contributed by atoms with Gasteiger partial charge in [0.25, 0.3) is 0 Å². The lowest BCUT2D eigenvalue weighted by atomic mass is 9.55. The van der Waals surface area contributed by atoms with Gasteiger partial charge >= 0.3 is 0 Å². The van der Waals surface area contributed by atoms with Crippen LogP contribution in [0.3, 0.4) is 0 Å². The first kappa shape index (κ1) is 11.7. The van der Waals surface area contributed by atoms with Crippen LogP contribution in [0.2, 0.25) is 0 Å². The summed E-state index contributed by atoms with van der Waals surface area (Å²) in [6.45, 7) is 2.25. The molecule has 0 saturated heterocycles. The molecule has 0 spiro atoms. The van der Waals surface area contributed by atoms with Gasteiger partial charge in [0.2, 0.25) is 0 Å². The van der Waals surface area contributed by atoms with Crippen LogP contribution in [-0.4, -0.2) is 5.78 Å². The maximum Gasteiger partial charge on any atom is 0.139 e. The SMILES string of the molecule is C[C@]12CC[C@@H]3c4cc[c]cc4CC[C@H]3C1CCC2=O. The Hall–Kier alpha value is -1.11. The summed E-state index contributed by atoms with van der Waals surface area (Å²) in [7, 11) is 0. The molecular formula is C18H21O. The van der Waals surface area contributed by atoms with E-state index in [1.54, 1.807) is 5.56 Å². The molecular weight excluding hydrogens is 232 g/mol. The van der Waals surface area contributed by atoms with Gasteiger partial charge in [-0.3, -0.25) is 4.79 Å². The average molecular weight is 253 g/mol. The van der Waals surface area contributed by atoms with Gasteiger partial charge in [0.15, 0.2) is 0 Å². The molecule has 1 heteroatoms. The average Bonchev–Trinajstić information content (AvgIpc) is 2.75. The van der Waals surface area contributed by atoms with Crippen molar-refractivity contribution in [2.24, 2.45) is 17.3 Å². The summed E-state index contributed by atoms with van der Waals surface area (Å²) in [4.78, 5) is 12.2. The molecule has 2 fully saturated rings. The van der Waals surface area contributed by atoms with Gasteiger partial charge in [-0.1, -0.05) is 25.1 Å². The highest BCUT2D eigenvalue weighted by atomic mass is 16.1. The Labute approximate surface area is 115 Å². The third kappa shape index (κ3) is 1.50. The van der Waals surface area contributed by atoms with Crippen molar-refractivity contribution < 1.29 is 4.79 Å². The monoisotopic (exact) mass is 253 g/mol. The first-order valence-corrected chi connectivity index (χ1v) is 7.72. The Morgan fingerprint density at radius 2 is 2.16 bits per heavy atom. The van der Waals surface area contributed by atoms with Crippen LogP contribution < -0.4 is 0 Å². The third-order valence-electron chi connectivity index (χ3n) is 6.28. The van der Waals surface area contributed by atoms with E-state index in [-0.39, 0.29) is 5.41 Å². The first-order valence-electron chi connectivity index (χ1n) is 7.72. The van der Waals surface area contributed by atoms with Gasteiger partial charge in [-0.25, -0.2) is 0 Å². The predicted molar refractivity (Wildman–Crippen MR) is 74.9 cm³/mol. The number of hydrogen-bond donors (Lipinski definition) is 0. The standard InChI is InChI=1S/C18H21O/c1-18-11-10-14-13-5-3-2-4-12(13)6-7-15(14)16(18)8-9-17(18)19/h3-5,14-16H,6-11H2,1H3/t14-,15-,16?,18+/m1/s1. The van der Waals surface area contributed by atoms with E-state index in [1.807, 2.05) is 0 Å². The highest BCUT2D eigenvalue weighted by Gasteiger charge is 2.54. The minimum absolute atomic E-state index is 0.0135. The fourth-order valence-electron chi connectivity index (χ4n) is 5.22. The maximum atomic E-state index is 12.2. The minimum Gasteiger partial charge on any atom is -0.299 e. The molecule has 0 N–H and O–H groups in total. The van der Waals surface area contributed by atoms with Gasteiger partial charge in [-0.05, 0) is 67.1 Å². The number of fused-ring (bicyclic) bond motifs is 5. The molecule has 1 nitrogen and oxygen atoms in total. The Bertz CT molecular complexity index is 532. The van der Waals surface area contributed by atoms with Crippen LogP contribution in [0.5, 0.6) is 0 Å². The number of carbonyl (C=O) groups is 1. The van der Waals surface area contributed by atoms with Gasteiger partial charge in [-0.2, -0.15) is 0 Å². The molecule has 4 rings (SSSR count). The molecule has 4 atom stereocenters. The molecule has 1 radical (unpaired) electrons. The zero-order chi connectivity index (χ0) is 13.0. The molecule has 0 aliphatic heterocycles. The number of Topliss-reactive ketones (excluding diaryl/α,β-unsaturated/α-hetero) is 1. The highest BCUT2D eigenvalue weighted by Crippen LogP contribution is 2.59. The largest absolute Gasteiger partial charge is 0.299 e. The van der Waals surface area contributed by atoms with Crippen LogP contribution in [0.15, 0.2) is 18.2 Å². The zero-order valence-corrected chi connectivity index (χ0v) is 11.6. The van der Waals surface area contributed by atoms with Crippen LogP contribution in [0, 0.1) is 23.3 Å². The van der Waals surface area contributed by atoms with E-state index in [2.05, 4.69) is 31.2 Å². The van der Waals surface area contributed by atoms with Gasteiger partial charge in [0, 0.05) is 11.8 Å². The van der Waals surface area contributed by atoms with Crippen molar-refractivity contribution in [1.29, 1.82) is 0 Å². The van der Waals surface area contributed by atoms with E-state index >= 15 is 0 Å². The predicted octanol–water partition coefficient (Wildman–Crippen LogP) is 3.91. The number of rotatable bonds is 0. The Balaban J connectivity index is 1.74. The molecule has 1 aromatic rings. The van der Waals surface area contributed by atoms with E-state index in [0.29, 0.717) is 17.6 Å². The molecule has 99 valence electrons. The molecule has 1 unspecified atom stereocenters. The lowest BCUT2D eigenvalue weighted by molar-refractivity contribution is -0.129. The lowest BCUT2D eigenvalue weighted by Gasteiger charge is -2.48. The molecule has 0 amide bonds. The second-order valence-electron chi connectivity index (χ2n) is 6.96. The normalized spacial score (nSPS) is 40.5. The van der Waals surface area contributed by atoms with E-state index in [1.165, 1.54) is 24.8 Å². The zero-order valence-electron chi connectivity index (χ0n) is 11.6. The van der Waals surface area contributed by atoms with Crippen LogP contribution in [0.1, 0.15) is 56.1 Å². The lowest BCUT2D eigenvalue weighted by Crippen LogP contribution is -2.42. The summed E-state index contributed by atoms with van der Waals surface area (Å²) in [5, 5.41) is 0. The van der Waals surface area contributed by atoms with Gasteiger partial charge in [0.1, 0.15) is 5.78 Å². The van der Waals surface area contributed by atoms with E-state index in [9.17, 15) is 4.79 Å². The summed E-state index contributed by atoms with van der Waals surface area (Å²) in [6.07, 6.45) is 6.76. The van der Waals surface area contributed by atoms with E-state index in [4.69, 9.17) is 0 Å². The topological polar surface area (TPSA) is 17.1 Å². The summed E-state index contributed by atoms with van der Waals surface area (Å²) in [5.41, 5.74) is 3.09. The van der Waals surface area contributed by atoms with Gasteiger partial charge in [-0.15, -0.1) is 0 Å². The van der Waals surface area contributed by atoms with Crippen molar-refractivity contribution in [3.63, 3.8) is 0 Å². The quantitative estimate of drug-likeness (QED) is 0.685. The number of carbonyl (C=O) groups excluding carboxylic acids is 1. The van der Waals surface area contributed by atoms with Crippen LogP contribution in [0.4, 0.5) is 0 Å². The van der Waals surface area contributed by atoms with Crippen LogP contribution >= 0.6 is 0 Å². The van der Waals surface area contributed by atoms with Crippen molar-refractivity contribution >= 4 is 5.78 Å². The van der Waals surface area contributed by atoms with E-state index < -0.39 is 0 Å². The minimum atomic E-state index is 0.0135. The second kappa shape index (κ2) is 3.94. The van der Waals surface area contributed by atoms with Crippen LogP contribution in [-0.2, 0) is 11.2 Å². The summed E-state index contributed by atoms with van der Waals surface area (Å²) < 4.78 is 0. The molecule has 19 heavy (non-hydrogen) atoms. The van der Waals surface area contributed by atoms with Crippen molar-refractivity contribution in [2.75, 3.05) is 0 Å². The Morgan fingerprint density at radius 1 is 1.26 bits per heavy atom. The van der Waals surface area contributed by atoms with Crippen LogP contribution in [0.25, 0.3) is 0 Å². The number of hydrogen-bond acceptors (Lipinski definition) is 1. The number of benzene rings is 1. The Morgan fingerprint density at radius 3 is 3.05 bits per heavy atom. The maximum absolute atomic E-state index is 12.2. The molecule has 0 bridgehead atoms. The molecule has 3 aliphatic rings. The molecule has 2 saturated carbocycles. The molecule has 0 heterocycles. The van der Waals surface area contributed by atoms with Crippen molar-refractivity contribution in [1.82, 2.24) is 0 Å². The van der Waals surface area contributed by atoms with Gasteiger partial charge in [0.05, 0.1) is 0 Å². The third-order valence-corrected chi connectivity index (χ3v) is 6.28. The fraction of sp³-hybridized carbons (Fsp3) is 0.611. The van der Waals surface area contributed by atoms with E-state index in [0.717, 1.165) is 25.2 Å². The smallest absolute Gasteiger partial charge is 0.139 e. The molecule has 3 aliphatic carbocycles. The Kier molecular flexibility index (Phi) is 2.43. The highest BCUT2D eigenvalue weighted by molar-refractivity contribution is 5.87. The molecule has 0 aromatic heterocycles. The second-order valence-corrected chi connectivity index (χ2v) is 6.96.